The topological polar surface area (TPSA) is 84.6 Å². The van der Waals surface area contributed by atoms with E-state index in [1.54, 1.807) is 39.5 Å². The van der Waals surface area contributed by atoms with Crippen molar-refractivity contribution >= 4 is 17.5 Å². The highest BCUT2D eigenvalue weighted by molar-refractivity contribution is 6.05. The summed E-state index contributed by atoms with van der Waals surface area (Å²) in [7, 11) is 4.74. The highest BCUT2D eigenvalue weighted by Crippen LogP contribution is 2.36. The smallest absolute Gasteiger partial charge is 0.289 e. The second kappa shape index (κ2) is 9.60. The van der Waals surface area contributed by atoms with Gasteiger partial charge in [0.2, 0.25) is 0 Å². The van der Waals surface area contributed by atoms with Gasteiger partial charge in [0.25, 0.3) is 11.8 Å². The largest absolute Gasteiger partial charge is 0.497 e. The molecule has 2 amide bonds. The Morgan fingerprint density at radius 2 is 1.88 bits per heavy atom. The van der Waals surface area contributed by atoms with Crippen molar-refractivity contribution in [1.82, 2.24) is 9.91 Å². The molecule has 1 aliphatic rings. The van der Waals surface area contributed by atoms with E-state index in [9.17, 15) is 9.59 Å². The van der Waals surface area contributed by atoms with Crippen LogP contribution in [-0.4, -0.2) is 55.2 Å². The molecule has 8 nitrogen and oxygen atoms in total. The minimum atomic E-state index is -0.371. The van der Waals surface area contributed by atoms with Crippen LogP contribution in [0.25, 0.3) is 0 Å². The number of carbonyl (C=O) groups excluding carboxylic acids is 2. The maximum atomic E-state index is 13.3. The van der Waals surface area contributed by atoms with E-state index in [1.165, 1.54) is 16.2 Å². The first-order valence-corrected chi connectivity index (χ1v) is 10.5. The highest BCUT2D eigenvalue weighted by Gasteiger charge is 2.35. The zero-order chi connectivity index (χ0) is 23.4. The van der Waals surface area contributed by atoms with E-state index in [-0.39, 0.29) is 30.2 Å². The van der Waals surface area contributed by atoms with Crippen molar-refractivity contribution in [1.29, 1.82) is 0 Å². The van der Waals surface area contributed by atoms with E-state index in [0.717, 1.165) is 16.8 Å². The fourth-order valence-electron chi connectivity index (χ4n) is 3.81. The minimum absolute atomic E-state index is 0.139. The molecule has 0 unspecified atom stereocenters. The van der Waals surface area contributed by atoms with Gasteiger partial charge in [-0.05, 0) is 29.8 Å². The molecule has 0 saturated carbocycles. The number of hydrogen-bond acceptors (Lipinski definition) is 6. The molecule has 0 bridgehead atoms. The Morgan fingerprint density at radius 1 is 1.09 bits per heavy atom. The number of amides is 2. The minimum Gasteiger partial charge on any atom is -0.497 e. The third-order valence-corrected chi connectivity index (χ3v) is 5.52. The van der Waals surface area contributed by atoms with Gasteiger partial charge in [0, 0.05) is 25.1 Å². The van der Waals surface area contributed by atoms with Crippen molar-refractivity contribution in [3.8, 4) is 11.5 Å². The summed E-state index contributed by atoms with van der Waals surface area (Å²) in [5.74, 6) is 0.788. The molecular weight excluding hydrogens is 422 g/mol. The van der Waals surface area contributed by atoms with Crippen LogP contribution in [0.2, 0.25) is 0 Å². The second-order valence-electron chi connectivity index (χ2n) is 7.62. The van der Waals surface area contributed by atoms with Gasteiger partial charge in [0.05, 0.1) is 32.2 Å². The third kappa shape index (κ3) is 4.59. The Kier molecular flexibility index (Phi) is 6.44. The van der Waals surface area contributed by atoms with Crippen molar-refractivity contribution in [2.75, 3.05) is 27.8 Å². The summed E-state index contributed by atoms with van der Waals surface area (Å²) in [5.41, 5.74) is 2.46. The lowest BCUT2D eigenvalue weighted by Crippen LogP contribution is -2.39. The van der Waals surface area contributed by atoms with Crippen molar-refractivity contribution in [2.45, 2.75) is 12.5 Å². The van der Waals surface area contributed by atoms with Gasteiger partial charge in [-0.1, -0.05) is 30.3 Å². The van der Waals surface area contributed by atoms with E-state index in [1.807, 2.05) is 42.5 Å². The van der Waals surface area contributed by atoms with Crippen molar-refractivity contribution in [2.24, 2.45) is 5.10 Å². The number of benzene rings is 2. The molecule has 0 N–H and O–H groups in total. The first kappa shape index (κ1) is 22.1. The Balaban J connectivity index is 1.63. The van der Waals surface area contributed by atoms with Crippen molar-refractivity contribution in [3.63, 3.8) is 0 Å². The number of hydrazone groups is 1. The zero-order valence-corrected chi connectivity index (χ0v) is 18.7. The number of nitrogens with zero attached hydrogens (tertiary/aromatic N) is 3. The van der Waals surface area contributed by atoms with E-state index in [0.29, 0.717) is 17.9 Å². The lowest BCUT2D eigenvalue weighted by atomic mass is 9.98. The Morgan fingerprint density at radius 3 is 2.55 bits per heavy atom. The van der Waals surface area contributed by atoms with Crippen LogP contribution in [0, 0.1) is 0 Å². The second-order valence-corrected chi connectivity index (χ2v) is 7.62. The molecule has 1 atom stereocenters. The van der Waals surface area contributed by atoms with Gasteiger partial charge in [0.15, 0.2) is 5.76 Å². The van der Waals surface area contributed by atoms with Gasteiger partial charge in [-0.2, -0.15) is 5.10 Å². The monoisotopic (exact) mass is 447 g/mol. The lowest BCUT2D eigenvalue weighted by Gasteiger charge is -2.24. The first-order chi connectivity index (χ1) is 16.0. The van der Waals surface area contributed by atoms with Crippen molar-refractivity contribution in [3.05, 3.63) is 83.8 Å². The van der Waals surface area contributed by atoms with Crippen LogP contribution in [0.5, 0.6) is 11.5 Å². The molecule has 33 heavy (non-hydrogen) atoms. The molecule has 0 spiro atoms. The van der Waals surface area contributed by atoms with Crippen LogP contribution in [0.4, 0.5) is 0 Å². The van der Waals surface area contributed by atoms with Crippen LogP contribution >= 0.6 is 0 Å². The fraction of sp³-hybridized carbons (Fsp3) is 0.240. The van der Waals surface area contributed by atoms with Crippen LogP contribution in [0.15, 0.2) is 76.4 Å². The number of carbonyl (C=O) groups is 2. The summed E-state index contributed by atoms with van der Waals surface area (Å²) in [6.07, 6.45) is 1.93. The quantitative estimate of drug-likeness (QED) is 0.551. The molecule has 0 aliphatic carbocycles. The molecule has 170 valence electrons. The Hall–Kier alpha value is -4.07. The summed E-state index contributed by atoms with van der Waals surface area (Å²) in [6, 6.07) is 18.1. The lowest BCUT2D eigenvalue weighted by molar-refractivity contribution is -0.133. The van der Waals surface area contributed by atoms with Crippen LogP contribution in [-0.2, 0) is 4.79 Å². The molecule has 1 aliphatic heterocycles. The van der Waals surface area contributed by atoms with Gasteiger partial charge in [-0.3, -0.25) is 9.59 Å². The average Bonchev–Trinajstić information content (AvgIpc) is 3.54. The molecule has 2 aromatic carbocycles. The zero-order valence-electron chi connectivity index (χ0n) is 18.7. The molecule has 0 fully saturated rings. The number of likely N-dealkylation sites (N-methyl/N-ethyl adjacent to an activating group) is 1. The predicted octanol–water partition coefficient (Wildman–Crippen LogP) is 3.75. The van der Waals surface area contributed by atoms with Crippen LogP contribution < -0.4 is 9.47 Å². The molecule has 0 saturated heterocycles. The number of hydrogen-bond donors (Lipinski definition) is 0. The molecular formula is C25H25N3O5. The van der Waals surface area contributed by atoms with Gasteiger partial charge >= 0.3 is 0 Å². The normalized spacial score (nSPS) is 15.2. The molecule has 8 heteroatoms. The SMILES string of the molecule is COc1ccc(C2=NN(C(=O)CN(C)C(=O)c3ccco3)[C@@H](c3ccccc3)C2)c(OC)c1. The number of methoxy groups -OCH3 is 2. The average molecular weight is 447 g/mol. The maximum Gasteiger partial charge on any atom is 0.289 e. The van der Waals surface area contributed by atoms with Crippen LogP contribution in [0.1, 0.15) is 34.1 Å². The number of ether oxygens (including phenoxy) is 2. The summed E-state index contributed by atoms with van der Waals surface area (Å²) >= 11 is 0. The van der Waals surface area contributed by atoms with Gasteiger partial charge in [-0.15, -0.1) is 0 Å². The summed E-state index contributed by atoms with van der Waals surface area (Å²) in [6.45, 7) is -0.139. The predicted molar refractivity (Wildman–Crippen MR) is 122 cm³/mol. The van der Waals surface area contributed by atoms with E-state index in [4.69, 9.17) is 13.9 Å². The maximum absolute atomic E-state index is 13.3. The van der Waals surface area contributed by atoms with Gasteiger partial charge in [-0.25, -0.2) is 5.01 Å². The van der Waals surface area contributed by atoms with Gasteiger partial charge in [0.1, 0.15) is 18.0 Å². The van der Waals surface area contributed by atoms with Gasteiger partial charge < -0.3 is 18.8 Å². The number of furan rings is 1. The Bertz CT molecular complexity index is 1160. The van der Waals surface area contributed by atoms with Crippen LogP contribution in [0.3, 0.4) is 0 Å². The third-order valence-electron chi connectivity index (χ3n) is 5.52. The summed E-state index contributed by atoms with van der Waals surface area (Å²) in [5, 5.41) is 6.13. The molecule has 0 radical (unpaired) electrons. The fourth-order valence-corrected chi connectivity index (χ4v) is 3.81. The number of rotatable bonds is 7. The Labute approximate surface area is 192 Å². The first-order valence-electron chi connectivity index (χ1n) is 10.5. The van der Waals surface area contributed by atoms with E-state index >= 15 is 0 Å². The standard InChI is InChI=1S/C25H25N3O5/c1-27(25(30)22-10-7-13-33-22)16-24(29)28-21(17-8-5-4-6-9-17)15-20(26-28)19-12-11-18(31-2)14-23(19)32-3/h4-14,21H,15-16H2,1-3H3/t21-/m1/s1. The van der Waals surface area contributed by atoms with E-state index < -0.39 is 0 Å². The molecule has 2 heterocycles. The highest BCUT2D eigenvalue weighted by atomic mass is 16.5. The molecule has 1 aromatic heterocycles. The molecule has 4 rings (SSSR count). The van der Waals surface area contributed by atoms with E-state index in [2.05, 4.69) is 5.10 Å². The molecule has 3 aromatic rings. The van der Waals surface area contributed by atoms with Crippen molar-refractivity contribution < 1.29 is 23.5 Å². The summed E-state index contributed by atoms with van der Waals surface area (Å²) in [4.78, 5) is 27.1. The summed E-state index contributed by atoms with van der Waals surface area (Å²) < 4.78 is 16.0.